The summed E-state index contributed by atoms with van der Waals surface area (Å²) in [5, 5.41) is 1.19. The SMILES string of the molecule is CC1CC(C)N(c2snc(N)c2-c2ccncc2)C1. The maximum Gasteiger partial charge on any atom is 0.147 e. The Morgan fingerprint density at radius 1 is 1.32 bits per heavy atom. The fourth-order valence-electron chi connectivity index (χ4n) is 2.86. The molecule has 4 nitrogen and oxygen atoms in total. The maximum absolute atomic E-state index is 6.07. The summed E-state index contributed by atoms with van der Waals surface area (Å²) in [5.41, 5.74) is 8.24. The van der Waals surface area contributed by atoms with Crippen molar-refractivity contribution < 1.29 is 0 Å². The lowest BCUT2D eigenvalue weighted by molar-refractivity contribution is 0.625. The van der Waals surface area contributed by atoms with E-state index in [1.807, 2.05) is 12.1 Å². The number of nitrogens with zero attached hydrogens (tertiary/aromatic N) is 3. The van der Waals surface area contributed by atoms with Crippen LogP contribution in [0.3, 0.4) is 0 Å². The van der Waals surface area contributed by atoms with Crippen LogP contribution in [0.4, 0.5) is 10.8 Å². The Balaban J connectivity index is 2.04. The molecule has 2 unspecified atom stereocenters. The summed E-state index contributed by atoms with van der Waals surface area (Å²) in [6.07, 6.45) is 4.83. The minimum Gasteiger partial charge on any atom is -0.382 e. The second-order valence-electron chi connectivity index (χ2n) is 5.33. The van der Waals surface area contributed by atoms with Crippen molar-refractivity contribution in [1.82, 2.24) is 9.36 Å². The maximum atomic E-state index is 6.07. The van der Waals surface area contributed by atoms with Crippen LogP contribution in [0.2, 0.25) is 0 Å². The van der Waals surface area contributed by atoms with Gasteiger partial charge in [0.2, 0.25) is 0 Å². The third kappa shape index (κ3) is 2.18. The van der Waals surface area contributed by atoms with Crippen molar-refractivity contribution in [2.45, 2.75) is 26.3 Å². The first-order valence-corrected chi connectivity index (χ1v) is 7.36. The Labute approximate surface area is 117 Å². The Bertz CT molecular complexity index is 566. The zero-order chi connectivity index (χ0) is 13.4. The first-order valence-electron chi connectivity index (χ1n) is 6.59. The molecule has 5 heteroatoms. The van der Waals surface area contributed by atoms with Gasteiger partial charge in [0.15, 0.2) is 0 Å². The molecule has 2 aromatic heterocycles. The van der Waals surface area contributed by atoms with E-state index in [-0.39, 0.29) is 0 Å². The summed E-state index contributed by atoms with van der Waals surface area (Å²) in [5.74, 6) is 1.35. The van der Waals surface area contributed by atoms with Crippen molar-refractivity contribution in [3.8, 4) is 11.1 Å². The van der Waals surface area contributed by atoms with Gasteiger partial charge in [-0.05, 0) is 48.5 Å². The third-order valence-corrected chi connectivity index (χ3v) is 4.61. The first kappa shape index (κ1) is 12.4. The molecule has 1 aliphatic rings. The van der Waals surface area contributed by atoms with E-state index in [9.17, 15) is 0 Å². The molecular formula is C14H18N4S. The second kappa shape index (κ2) is 4.81. The molecule has 1 saturated heterocycles. The first-order chi connectivity index (χ1) is 9.16. The van der Waals surface area contributed by atoms with Gasteiger partial charge in [0.1, 0.15) is 10.8 Å². The van der Waals surface area contributed by atoms with Crippen molar-refractivity contribution in [3.63, 3.8) is 0 Å². The molecule has 0 spiro atoms. The van der Waals surface area contributed by atoms with Gasteiger partial charge in [-0.2, -0.15) is 4.37 Å². The van der Waals surface area contributed by atoms with Gasteiger partial charge in [-0.1, -0.05) is 6.92 Å². The number of aromatic nitrogens is 2. The standard InChI is InChI=1S/C14H18N4S/c1-9-7-10(2)18(8-9)14-12(13(15)17-19-14)11-3-5-16-6-4-11/h3-6,9-10H,7-8H2,1-2H3,(H2,15,17). The van der Waals surface area contributed by atoms with E-state index in [0.29, 0.717) is 11.9 Å². The van der Waals surface area contributed by atoms with Gasteiger partial charge in [0.05, 0.1) is 5.56 Å². The van der Waals surface area contributed by atoms with Crippen LogP contribution in [0.15, 0.2) is 24.5 Å². The highest BCUT2D eigenvalue weighted by molar-refractivity contribution is 7.11. The Hall–Kier alpha value is -1.62. The monoisotopic (exact) mass is 274 g/mol. The number of anilines is 2. The molecule has 0 aliphatic carbocycles. The second-order valence-corrected chi connectivity index (χ2v) is 6.08. The van der Waals surface area contributed by atoms with Crippen LogP contribution < -0.4 is 10.6 Å². The minimum atomic E-state index is 0.551. The molecule has 3 heterocycles. The Morgan fingerprint density at radius 3 is 2.68 bits per heavy atom. The molecule has 2 N–H and O–H groups in total. The topological polar surface area (TPSA) is 55.0 Å². The van der Waals surface area contributed by atoms with Gasteiger partial charge < -0.3 is 10.6 Å². The van der Waals surface area contributed by atoms with Gasteiger partial charge >= 0.3 is 0 Å². The van der Waals surface area contributed by atoms with Crippen molar-refractivity contribution in [3.05, 3.63) is 24.5 Å². The minimum absolute atomic E-state index is 0.551. The zero-order valence-electron chi connectivity index (χ0n) is 11.2. The highest BCUT2D eigenvalue weighted by Crippen LogP contribution is 2.42. The quantitative estimate of drug-likeness (QED) is 0.914. The van der Waals surface area contributed by atoms with Gasteiger partial charge in [-0.15, -0.1) is 0 Å². The molecule has 3 rings (SSSR count). The molecule has 2 atom stereocenters. The van der Waals surface area contributed by atoms with Crippen LogP contribution in [0.25, 0.3) is 11.1 Å². The lowest BCUT2D eigenvalue weighted by Gasteiger charge is -2.23. The van der Waals surface area contributed by atoms with E-state index in [1.54, 1.807) is 12.4 Å². The summed E-state index contributed by atoms with van der Waals surface area (Å²) in [6, 6.07) is 4.54. The predicted molar refractivity (Wildman–Crippen MR) is 80.3 cm³/mol. The number of pyridine rings is 1. The van der Waals surface area contributed by atoms with E-state index in [0.717, 1.165) is 23.6 Å². The summed E-state index contributed by atoms with van der Waals surface area (Å²) >= 11 is 1.50. The Morgan fingerprint density at radius 2 is 2.05 bits per heavy atom. The van der Waals surface area contributed by atoms with Crippen molar-refractivity contribution in [1.29, 1.82) is 0 Å². The molecule has 0 bridgehead atoms. The Kier molecular flexibility index (Phi) is 3.14. The molecule has 19 heavy (non-hydrogen) atoms. The fourth-order valence-corrected chi connectivity index (χ4v) is 3.81. The van der Waals surface area contributed by atoms with Crippen LogP contribution in [-0.4, -0.2) is 21.9 Å². The molecule has 0 amide bonds. The average molecular weight is 274 g/mol. The number of hydrogen-bond acceptors (Lipinski definition) is 5. The third-order valence-electron chi connectivity index (χ3n) is 3.71. The highest BCUT2D eigenvalue weighted by atomic mass is 32.1. The van der Waals surface area contributed by atoms with Crippen molar-refractivity contribution in [2.75, 3.05) is 17.2 Å². The fraction of sp³-hybridized carbons (Fsp3) is 0.429. The van der Waals surface area contributed by atoms with E-state index >= 15 is 0 Å². The van der Waals surface area contributed by atoms with Crippen LogP contribution in [0.5, 0.6) is 0 Å². The lowest BCUT2D eigenvalue weighted by atomic mass is 10.1. The van der Waals surface area contributed by atoms with Crippen LogP contribution in [0, 0.1) is 5.92 Å². The molecule has 1 aliphatic heterocycles. The van der Waals surface area contributed by atoms with E-state index < -0.39 is 0 Å². The molecule has 0 aromatic carbocycles. The summed E-state index contributed by atoms with van der Waals surface area (Å²) < 4.78 is 4.35. The smallest absolute Gasteiger partial charge is 0.147 e. The normalized spacial score (nSPS) is 22.9. The van der Waals surface area contributed by atoms with Gasteiger partial charge in [0.25, 0.3) is 0 Å². The highest BCUT2D eigenvalue weighted by Gasteiger charge is 2.30. The van der Waals surface area contributed by atoms with E-state index in [4.69, 9.17) is 5.73 Å². The zero-order valence-corrected chi connectivity index (χ0v) is 12.0. The molecule has 0 saturated carbocycles. The van der Waals surface area contributed by atoms with E-state index in [1.165, 1.54) is 23.0 Å². The van der Waals surface area contributed by atoms with Crippen molar-refractivity contribution >= 4 is 22.4 Å². The lowest BCUT2D eigenvalue weighted by Crippen LogP contribution is -2.26. The predicted octanol–water partition coefficient (Wildman–Crippen LogP) is 3.02. The molecule has 2 aromatic rings. The molecule has 1 fully saturated rings. The van der Waals surface area contributed by atoms with Gasteiger partial charge in [0, 0.05) is 25.0 Å². The number of nitrogen functional groups attached to an aromatic ring is 1. The largest absolute Gasteiger partial charge is 0.382 e. The van der Waals surface area contributed by atoms with Crippen LogP contribution >= 0.6 is 11.5 Å². The average Bonchev–Trinajstić information content (AvgIpc) is 2.93. The number of nitrogens with two attached hydrogens (primary N) is 1. The molecule has 0 radical (unpaired) electrons. The van der Waals surface area contributed by atoms with Gasteiger partial charge in [-0.3, -0.25) is 4.98 Å². The number of hydrogen-bond donors (Lipinski definition) is 1. The van der Waals surface area contributed by atoms with Crippen LogP contribution in [0.1, 0.15) is 20.3 Å². The summed E-state index contributed by atoms with van der Waals surface area (Å²) in [4.78, 5) is 6.51. The van der Waals surface area contributed by atoms with E-state index in [2.05, 4.69) is 28.1 Å². The number of rotatable bonds is 2. The van der Waals surface area contributed by atoms with Crippen molar-refractivity contribution in [2.24, 2.45) is 5.92 Å². The molecular weight excluding hydrogens is 256 g/mol. The summed E-state index contributed by atoms with van der Waals surface area (Å²) in [7, 11) is 0. The molecule has 100 valence electrons. The summed E-state index contributed by atoms with van der Waals surface area (Å²) in [6.45, 7) is 5.66. The van der Waals surface area contributed by atoms with Gasteiger partial charge in [-0.25, -0.2) is 0 Å². The van der Waals surface area contributed by atoms with Crippen LogP contribution in [-0.2, 0) is 0 Å².